The van der Waals surface area contributed by atoms with E-state index in [-0.39, 0.29) is 11.9 Å². The lowest BCUT2D eigenvalue weighted by Gasteiger charge is -2.27. The van der Waals surface area contributed by atoms with Gasteiger partial charge in [0.05, 0.1) is 0 Å². The molecule has 0 radical (unpaired) electrons. The third-order valence-electron chi connectivity index (χ3n) is 3.69. The van der Waals surface area contributed by atoms with Gasteiger partial charge in [-0.3, -0.25) is 4.79 Å². The van der Waals surface area contributed by atoms with E-state index in [2.05, 4.69) is 46.4 Å². The van der Waals surface area contributed by atoms with Crippen molar-refractivity contribution in [3.63, 3.8) is 0 Å². The summed E-state index contributed by atoms with van der Waals surface area (Å²) in [4.78, 5) is 14.2. The van der Waals surface area contributed by atoms with Crippen molar-refractivity contribution in [2.24, 2.45) is 5.41 Å². The standard InChI is InChI=1S/C19H26N4O/c1-14(2)23(13-15-9-7-6-8-10-15)17-12-11-16(21-22-17)20-18(24)19(3,4)5/h6-12,14H,13H2,1-5H3,(H,20,21,24). The molecule has 1 heterocycles. The van der Waals surface area contributed by atoms with Crippen LogP contribution in [0.15, 0.2) is 42.5 Å². The summed E-state index contributed by atoms with van der Waals surface area (Å²) in [6.07, 6.45) is 0. The monoisotopic (exact) mass is 326 g/mol. The number of carbonyl (C=O) groups excluding carboxylic acids is 1. The fourth-order valence-corrected chi connectivity index (χ4v) is 2.16. The van der Waals surface area contributed by atoms with Crippen molar-refractivity contribution >= 4 is 17.5 Å². The minimum absolute atomic E-state index is 0.0745. The Morgan fingerprint density at radius 1 is 1.08 bits per heavy atom. The molecule has 5 nitrogen and oxygen atoms in total. The van der Waals surface area contributed by atoms with Crippen LogP contribution in [0.5, 0.6) is 0 Å². The Morgan fingerprint density at radius 3 is 2.25 bits per heavy atom. The highest BCUT2D eigenvalue weighted by Crippen LogP contribution is 2.20. The van der Waals surface area contributed by atoms with E-state index < -0.39 is 5.41 Å². The molecule has 5 heteroatoms. The molecule has 0 bridgehead atoms. The summed E-state index contributed by atoms with van der Waals surface area (Å²) in [5.41, 5.74) is 0.760. The fraction of sp³-hybridized carbons (Fsp3) is 0.421. The average molecular weight is 326 g/mol. The van der Waals surface area contributed by atoms with Gasteiger partial charge in [-0.25, -0.2) is 0 Å². The van der Waals surface area contributed by atoms with Gasteiger partial charge >= 0.3 is 0 Å². The zero-order valence-corrected chi connectivity index (χ0v) is 15.1. The highest BCUT2D eigenvalue weighted by molar-refractivity contribution is 5.93. The molecule has 2 aromatic rings. The van der Waals surface area contributed by atoms with Crippen molar-refractivity contribution in [2.75, 3.05) is 10.2 Å². The number of hydrogen-bond donors (Lipinski definition) is 1. The van der Waals surface area contributed by atoms with Crippen molar-refractivity contribution in [3.05, 3.63) is 48.0 Å². The van der Waals surface area contributed by atoms with E-state index in [4.69, 9.17) is 0 Å². The van der Waals surface area contributed by atoms with Crippen LogP contribution in [0.2, 0.25) is 0 Å². The second-order valence-corrected chi connectivity index (χ2v) is 7.19. The first-order valence-corrected chi connectivity index (χ1v) is 8.23. The van der Waals surface area contributed by atoms with Crippen LogP contribution in [0.1, 0.15) is 40.2 Å². The third kappa shape index (κ3) is 4.78. The Bertz CT molecular complexity index is 660. The highest BCUT2D eigenvalue weighted by Gasteiger charge is 2.22. The SMILES string of the molecule is CC(C)N(Cc1ccccc1)c1ccc(NC(=O)C(C)(C)C)nn1. The number of hydrogen-bond acceptors (Lipinski definition) is 4. The predicted molar refractivity (Wildman–Crippen MR) is 97.9 cm³/mol. The Labute approximate surface area is 144 Å². The number of benzene rings is 1. The minimum atomic E-state index is -0.461. The third-order valence-corrected chi connectivity index (χ3v) is 3.69. The van der Waals surface area contributed by atoms with E-state index in [1.807, 2.05) is 45.0 Å². The lowest BCUT2D eigenvalue weighted by molar-refractivity contribution is -0.123. The first-order valence-electron chi connectivity index (χ1n) is 8.23. The molecule has 0 unspecified atom stereocenters. The zero-order chi connectivity index (χ0) is 17.7. The van der Waals surface area contributed by atoms with E-state index >= 15 is 0 Å². The Hall–Kier alpha value is -2.43. The zero-order valence-electron chi connectivity index (χ0n) is 15.1. The number of carbonyl (C=O) groups is 1. The van der Waals surface area contributed by atoms with Gasteiger partial charge in [0, 0.05) is 18.0 Å². The minimum Gasteiger partial charge on any atom is -0.348 e. The molecule has 0 aliphatic heterocycles. The maximum absolute atomic E-state index is 12.0. The van der Waals surface area contributed by atoms with Crippen LogP contribution in [0.4, 0.5) is 11.6 Å². The molecule has 0 saturated heterocycles. The van der Waals surface area contributed by atoms with Crippen molar-refractivity contribution in [1.29, 1.82) is 0 Å². The number of amides is 1. The summed E-state index contributed by atoms with van der Waals surface area (Å²) in [5, 5.41) is 11.2. The lowest BCUT2D eigenvalue weighted by atomic mass is 9.96. The number of aromatic nitrogens is 2. The molecule has 128 valence electrons. The molecule has 2 rings (SSSR count). The normalized spacial score (nSPS) is 11.4. The Balaban J connectivity index is 2.13. The molecule has 0 aliphatic rings. The molecule has 0 atom stereocenters. The van der Waals surface area contributed by atoms with Crippen LogP contribution in [-0.4, -0.2) is 22.1 Å². The molecule has 1 amide bonds. The van der Waals surface area contributed by atoms with Gasteiger partial charge in [0.25, 0.3) is 0 Å². The second-order valence-electron chi connectivity index (χ2n) is 7.19. The molecular formula is C19H26N4O. The maximum atomic E-state index is 12.0. The quantitative estimate of drug-likeness (QED) is 0.906. The first kappa shape index (κ1) is 17.9. The largest absolute Gasteiger partial charge is 0.348 e. The van der Waals surface area contributed by atoms with Gasteiger partial charge in [-0.05, 0) is 31.5 Å². The maximum Gasteiger partial charge on any atom is 0.230 e. The van der Waals surface area contributed by atoms with Gasteiger partial charge in [-0.15, -0.1) is 10.2 Å². The van der Waals surface area contributed by atoms with Crippen molar-refractivity contribution in [2.45, 2.75) is 47.2 Å². The van der Waals surface area contributed by atoms with Crippen LogP contribution in [0.25, 0.3) is 0 Å². The van der Waals surface area contributed by atoms with Crippen molar-refractivity contribution in [1.82, 2.24) is 10.2 Å². The first-order chi connectivity index (χ1) is 11.3. The van der Waals surface area contributed by atoms with E-state index in [1.165, 1.54) is 5.56 Å². The van der Waals surface area contributed by atoms with Crippen LogP contribution in [-0.2, 0) is 11.3 Å². The van der Waals surface area contributed by atoms with Crippen LogP contribution in [0, 0.1) is 5.41 Å². The van der Waals surface area contributed by atoms with Crippen LogP contribution >= 0.6 is 0 Å². The molecular weight excluding hydrogens is 300 g/mol. The summed E-state index contributed by atoms with van der Waals surface area (Å²) in [6, 6.07) is 14.3. The molecule has 1 aromatic heterocycles. The molecule has 0 fully saturated rings. The summed E-state index contributed by atoms with van der Waals surface area (Å²) in [6.45, 7) is 10.6. The summed E-state index contributed by atoms with van der Waals surface area (Å²) >= 11 is 0. The molecule has 24 heavy (non-hydrogen) atoms. The van der Waals surface area contributed by atoms with Crippen molar-refractivity contribution < 1.29 is 4.79 Å². The highest BCUT2D eigenvalue weighted by atomic mass is 16.2. The van der Waals surface area contributed by atoms with E-state index in [0.29, 0.717) is 5.82 Å². The van der Waals surface area contributed by atoms with E-state index in [0.717, 1.165) is 12.4 Å². The number of nitrogens with zero attached hydrogens (tertiary/aromatic N) is 3. The Kier molecular flexibility index (Phi) is 5.54. The van der Waals surface area contributed by atoms with E-state index in [1.54, 1.807) is 6.07 Å². The summed E-state index contributed by atoms with van der Waals surface area (Å²) < 4.78 is 0. The number of rotatable bonds is 5. The Morgan fingerprint density at radius 2 is 1.75 bits per heavy atom. The van der Waals surface area contributed by atoms with Crippen LogP contribution < -0.4 is 10.2 Å². The van der Waals surface area contributed by atoms with Gasteiger partial charge in [0.1, 0.15) is 0 Å². The van der Waals surface area contributed by atoms with Gasteiger partial charge in [-0.1, -0.05) is 51.1 Å². The van der Waals surface area contributed by atoms with Gasteiger partial charge in [0.15, 0.2) is 11.6 Å². The van der Waals surface area contributed by atoms with E-state index in [9.17, 15) is 4.79 Å². The number of anilines is 2. The topological polar surface area (TPSA) is 58.1 Å². The molecule has 0 aliphatic carbocycles. The predicted octanol–water partition coefficient (Wildman–Crippen LogP) is 3.88. The second kappa shape index (κ2) is 7.43. The molecule has 1 N–H and O–H groups in total. The molecule has 1 aromatic carbocycles. The van der Waals surface area contributed by atoms with Crippen molar-refractivity contribution in [3.8, 4) is 0 Å². The van der Waals surface area contributed by atoms with Gasteiger partial charge < -0.3 is 10.2 Å². The summed E-state index contributed by atoms with van der Waals surface area (Å²) in [7, 11) is 0. The average Bonchev–Trinajstić information content (AvgIpc) is 2.53. The molecule has 0 saturated carbocycles. The molecule has 0 spiro atoms. The van der Waals surface area contributed by atoms with Crippen LogP contribution in [0.3, 0.4) is 0 Å². The van der Waals surface area contributed by atoms with Gasteiger partial charge in [-0.2, -0.15) is 0 Å². The lowest BCUT2D eigenvalue weighted by Crippen LogP contribution is -2.31. The number of nitrogens with one attached hydrogen (secondary N) is 1. The summed E-state index contributed by atoms with van der Waals surface area (Å²) in [5.74, 6) is 1.19. The van der Waals surface area contributed by atoms with Gasteiger partial charge in [0.2, 0.25) is 5.91 Å². The smallest absolute Gasteiger partial charge is 0.230 e. The fourth-order valence-electron chi connectivity index (χ4n) is 2.16.